The van der Waals surface area contributed by atoms with E-state index in [4.69, 9.17) is 11.6 Å². The van der Waals surface area contributed by atoms with E-state index in [9.17, 15) is 4.79 Å². The zero-order valence-electron chi connectivity index (χ0n) is 12.5. The van der Waals surface area contributed by atoms with E-state index in [1.165, 1.54) is 10.8 Å². The fourth-order valence-electron chi connectivity index (χ4n) is 2.45. The van der Waals surface area contributed by atoms with E-state index in [0.717, 1.165) is 24.9 Å². The Labute approximate surface area is 131 Å². The number of alkyl halides is 1. The van der Waals surface area contributed by atoms with Gasteiger partial charge in [-0.3, -0.25) is 4.79 Å². The van der Waals surface area contributed by atoms with Crippen molar-refractivity contribution in [2.45, 2.75) is 26.2 Å². The molecule has 0 aliphatic carbocycles. The third-order valence-corrected chi connectivity index (χ3v) is 3.83. The number of benzene rings is 2. The molecule has 0 unspecified atom stereocenters. The molecule has 0 radical (unpaired) electrons. The highest BCUT2D eigenvalue weighted by Crippen LogP contribution is 2.16. The lowest BCUT2D eigenvalue weighted by Gasteiger charge is -2.21. The summed E-state index contributed by atoms with van der Waals surface area (Å²) >= 11 is 5.81. The summed E-state index contributed by atoms with van der Waals surface area (Å²) in [6, 6.07) is 14.4. The zero-order valence-corrected chi connectivity index (χ0v) is 13.3. The second kappa shape index (κ2) is 8.04. The van der Waals surface area contributed by atoms with Crippen molar-refractivity contribution >= 4 is 28.3 Å². The van der Waals surface area contributed by atoms with Crippen molar-refractivity contribution in [2.75, 3.05) is 19.0 Å². The lowest BCUT2D eigenvalue weighted by Crippen LogP contribution is -2.34. The molecule has 0 aliphatic rings. The SMILES string of the molecule is CCCCN(CCCl)C(=O)Cc1ccc2ccccc2c1. The third-order valence-electron chi connectivity index (χ3n) is 3.66. The van der Waals surface area contributed by atoms with Crippen LogP contribution < -0.4 is 0 Å². The summed E-state index contributed by atoms with van der Waals surface area (Å²) in [5.41, 5.74) is 1.06. The van der Waals surface area contributed by atoms with Gasteiger partial charge in [0.25, 0.3) is 0 Å². The van der Waals surface area contributed by atoms with E-state index in [1.54, 1.807) is 0 Å². The minimum absolute atomic E-state index is 0.166. The van der Waals surface area contributed by atoms with Crippen LogP contribution >= 0.6 is 11.6 Å². The molecule has 0 saturated carbocycles. The number of amides is 1. The van der Waals surface area contributed by atoms with E-state index in [1.807, 2.05) is 23.1 Å². The Balaban J connectivity index is 2.08. The van der Waals surface area contributed by atoms with Gasteiger partial charge in [-0.1, -0.05) is 55.8 Å². The monoisotopic (exact) mass is 303 g/mol. The van der Waals surface area contributed by atoms with Crippen LogP contribution in [0.4, 0.5) is 0 Å². The number of halogens is 1. The predicted molar refractivity (Wildman–Crippen MR) is 89.9 cm³/mol. The van der Waals surface area contributed by atoms with Gasteiger partial charge in [-0.05, 0) is 22.8 Å². The minimum atomic E-state index is 0.166. The predicted octanol–water partition coefficient (Wildman–Crippen LogP) is 4.25. The molecule has 0 bridgehead atoms. The number of nitrogens with zero attached hydrogens (tertiary/aromatic N) is 1. The van der Waals surface area contributed by atoms with Gasteiger partial charge in [0.2, 0.25) is 5.91 Å². The molecule has 0 heterocycles. The first-order valence-corrected chi connectivity index (χ1v) is 8.09. The first-order valence-electron chi connectivity index (χ1n) is 7.56. The molecule has 0 aliphatic heterocycles. The van der Waals surface area contributed by atoms with Crippen LogP contribution in [0.5, 0.6) is 0 Å². The Morgan fingerprint density at radius 2 is 1.86 bits per heavy atom. The van der Waals surface area contributed by atoms with Crippen molar-refractivity contribution < 1.29 is 4.79 Å². The van der Waals surface area contributed by atoms with Crippen molar-refractivity contribution in [3.05, 3.63) is 48.0 Å². The summed E-state index contributed by atoms with van der Waals surface area (Å²) in [7, 11) is 0. The maximum absolute atomic E-state index is 12.4. The molecule has 0 N–H and O–H groups in total. The zero-order chi connectivity index (χ0) is 15.1. The molecular formula is C18H22ClNO. The number of hydrogen-bond donors (Lipinski definition) is 0. The number of fused-ring (bicyclic) bond motifs is 1. The highest BCUT2D eigenvalue weighted by Gasteiger charge is 2.13. The first kappa shape index (κ1) is 15.8. The fourth-order valence-corrected chi connectivity index (χ4v) is 2.65. The Bertz CT molecular complexity index is 597. The van der Waals surface area contributed by atoms with E-state index >= 15 is 0 Å². The summed E-state index contributed by atoms with van der Waals surface area (Å²) in [5.74, 6) is 0.659. The first-order chi connectivity index (χ1) is 10.2. The smallest absolute Gasteiger partial charge is 0.227 e. The van der Waals surface area contributed by atoms with Crippen molar-refractivity contribution in [3.8, 4) is 0 Å². The van der Waals surface area contributed by atoms with Gasteiger partial charge in [0.15, 0.2) is 0 Å². The van der Waals surface area contributed by atoms with Crippen molar-refractivity contribution in [2.24, 2.45) is 0 Å². The Hall–Kier alpha value is -1.54. The topological polar surface area (TPSA) is 20.3 Å². The number of carbonyl (C=O) groups excluding carboxylic acids is 1. The molecule has 0 fully saturated rings. The Morgan fingerprint density at radius 3 is 2.57 bits per heavy atom. The normalized spacial score (nSPS) is 10.8. The van der Waals surface area contributed by atoms with Gasteiger partial charge in [0.1, 0.15) is 0 Å². The highest BCUT2D eigenvalue weighted by molar-refractivity contribution is 6.18. The van der Waals surface area contributed by atoms with Gasteiger partial charge in [0.05, 0.1) is 6.42 Å². The van der Waals surface area contributed by atoms with Crippen molar-refractivity contribution in [1.29, 1.82) is 0 Å². The summed E-state index contributed by atoms with van der Waals surface area (Å²) in [5, 5.41) is 2.39. The molecule has 3 heteroatoms. The average molecular weight is 304 g/mol. The highest BCUT2D eigenvalue weighted by atomic mass is 35.5. The molecule has 2 aromatic rings. The van der Waals surface area contributed by atoms with Crippen LogP contribution in [-0.2, 0) is 11.2 Å². The number of rotatable bonds is 7. The molecule has 0 saturated heterocycles. The molecule has 2 nitrogen and oxygen atoms in total. The van der Waals surface area contributed by atoms with Crippen LogP contribution in [0.3, 0.4) is 0 Å². The number of hydrogen-bond acceptors (Lipinski definition) is 1. The van der Waals surface area contributed by atoms with E-state index in [0.29, 0.717) is 18.8 Å². The van der Waals surface area contributed by atoms with Crippen LogP contribution in [0.15, 0.2) is 42.5 Å². The molecular weight excluding hydrogens is 282 g/mol. The van der Waals surface area contributed by atoms with Gasteiger partial charge < -0.3 is 4.90 Å². The van der Waals surface area contributed by atoms with Crippen molar-refractivity contribution in [3.63, 3.8) is 0 Å². The minimum Gasteiger partial charge on any atom is -0.341 e. The largest absolute Gasteiger partial charge is 0.341 e. The average Bonchev–Trinajstić information content (AvgIpc) is 2.51. The molecule has 0 aromatic heterocycles. The van der Waals surface area contributed by atoms with Gasteiger partial charge in [-0.2, -0.15) is 0 Å². The van der Waals surface area contributed by atoms with Crippen LogP contribution in [0.1, 0.15) is 25.3 Å². The quantitative estimate of drug-likeness (QED) is 0.700. The molecule has 1 amide bonds. The van der Waals surface area contributed by atoms with Crippen LogP contribution in [0.2, 0.25) is 0 Å². The Kier molecular flexibility index (Phi) is 6.06. The van der Waals surface area contributed by atoms with Gasteiger partial charge in [0, 0.05) is 19.0 Å². The lowest BCUT2D eigenvalue weighted by atomic mass is 10.0. The summed E-state index contributed by atoms with van der Waals surface area (Å²) in [6.07, 6.45) is 2.56. The molecule has 0 spiro atoms. The van der Waals surface area contributed by atoms with Gasteiger partial charge in [-0.15, -0.1) is 11.6 Å². The molecule has 112 valence electrons. The molecule has 2 aromatic carbocycles. The summed E-state index contributed by atoms with van der Waals surface area (Å²) in [6.45, 7) is 3.57. The van der Waals surface area contributed by atoms with Crippen LogP contribution in [-0.4, -0.2) is 29.8 Å². The third kappa shape index (κ3) is 4.47. The van der Waals surface area contributed by atoms with E-state index in [-0.39, 0.29) is 5.91 Å². The standard InChI is InChI=1S/C18H22ClNO/c1-2-3-11-20(12-10-19)18(21)14-15-8-9-16-6-4-5-7-17(16)13-15/h4-9,13H,2-3,10-12,14H2,1H3. The maximum Gasteiger partial charge on any atom is 0.227 e. The maximum atomic E-state index is 12.4. The van der Waals surface area contributed by atoms with E-state index < -0.39 is 0 Å². The summed E-state index contributed by atoms with van der Waals surface area (Å²) in [4.78, 5) is 14.3. The second-order valence-corrected chi connectivity index (χ2v) is 5.66. The Morgan fingerprint density at radius 1 is 1.10 bits per heavy atom. The van der Waals surface area contributed by atoms with E-state index in [2.05, 4.69) is 31.2 Å². The van der Waals surface area contributed by atoms with Crippen molar-refractivity contribution in [1.82, 2.24) is 4.90 Å². The van der Waals surface area contributed by atoms with Gasteiger partial charge in [-0.25, -0.2) is 0 Å². The lowest BCUT2D eigenvalue weighted by molar-refractivity contribution is -0.130. The van der Waals surface area contributed by atoms with Gasteiger partial charge >= 0.3 is 0 Å². The second-order valence-electron chi connectivity index (χ2n) is 5.28. The van der Waals surface area contributed by atoms with Crippen LogP contribution in [0.25, 0.3) is 10.8 Å². The summed E-state index contributed by atoms with van der Waals surface area (Å²) < 4.78 is 0. The molecule has 21 heavy (non-hydrogen) atoms. The number of unbranched alkanes of at least 4 members (excludes halogenated alkanes) is 1. The molecule has 0 atom stereocenters. The fraction of sp³-hybridized carbons (Fsp3) is 0.389. The van der Waals surface area contributed by atoms with Crippen LogP contribution in [0, 0.1) is 0 Å². The number of carbonyl (C=O) groups is 1. The molecule has 2 rings (SSSR count).